The molecule has 0 fully saturated rings. The van der Waals surface area contributed by atoms with E-state index in [1.54, 1.807) is 22.7 Å². The van der Waals surface area contributed by atoms with Gasteiger partial charge in [-0.15, -0.1) is 22.7 Å². The van der Waals surface area contributed by atoms with E-state index in [4.69, 9.17) is 11.5 Å². The van der Waals surface area contributed by atoms with Crippen LogP contribution in [-0.2, 0) is 0 Å². The Kier molecular flexibility index (Phi) is 4.11. The highest BCUT2D eigenvalue weighted by atomic mass is 32.1. The van der Waals surface area contributed by atoms with Crippen LogP contribution in [0.4, 0.5) is 22.7 Å². The van der Waals surface area contributed by atoms with Crippen LogP contribution in [0.25, 0.3) is 0 Å². The molecule has 0 aromatic carbocycles. The third-order valence-corrected chi connectivity index (χ3v) is 3.89. The van der Waals surface area contributed by atoms with Gasteiger partial charge < -0.3 is 22.1 Å². The molecule has 2 heterocycles. The third kappa shape index (κ3) is 3.28. The van der Waals surface area contributed by atoms with Crippen molar-refractivity contribution in [1.82, 2.24) is 0 Å². The molecule has 2 rings (SSSR count). The Hall–Kier alpha value is -1.40. The highest BCUT2D eigenvalue weighted by Crippen LogP contribution is 2.23. The maximum absolute atomic E-state index is 5.77. The quantitative estimate of drug-likeness (QED) is 0.608. The summed E-state index contributed by atoms with van der Waals surface area (Å²) in [6.07, 6.45) is 1.02. The van der Waals surface area contributed by atoms with Gasteiger partial charge in [0.2, 0.25) is 0 Å². The lowest BCUT2D eigenvalue weighted by atomic mass is 10.3. The van der Waals surface area contributed by atoms with Crippen LogP contribution in [0, 0.1) is 0 Å². The van der Waals surface area contributed by atoms with Crippen molar-refractivity contribution in [3.8, 4) is 0 Å². The summed E-state index contributed by atoms with van der Waals surface area (Å²) < 4.78 is 0. The summed E-state index contributed by atoms with van der Waals surface area (Å²) in [6.45, 7) is 1.80. The van der Waals surface area contributed by atoms with Crippen molar-refractivity contribution in [2.24, 2.45) is 0 Å². The van der Waals surface area contributed by atoms with Gasteiger partial charge in [-0.3, -0.25) is 0 Å². The number of hydrogen-bond acceptors (Lipinski definition) is 6. The monoisotopic (exact) mass is 268 g/mol. The predicted molar refractivity (Wildman–Crippen MR) is 79.1 cm³/mol. The molecule has 2 aromatic rings. The van der Waals surface area contributed by atoms with Crippen LogP contribution in [0.15, 0.2) is 21.5 Å². The van der Waals surface area contributed by atoms with E-state index >= 15 is 0 Å². The number of nitrogens with one attached hydrogen (secondary N) is 2. The minimum atomic E-state index is 0.824. The van der Waals surface area contributed by atoms with Gasteiger partial charge in [-0.2, -0.15) is 0 Å². The first-order chi connectivity index (χ1) is 8.27. The Morgan fingerprint density at radius 3 is 1.65 bits per heavy atom. The number of nitrogens with two attached hydrogens (primary N) is 2. The van der Waals surface area contributed by atoms with E-state index in [1.165, 1.54) is 0 Å². The zero-order valence-corrected chi connectivity index (χ0v) is 11.0. The maximum Gasteiger partial charge on any atom is 0.0682 e. The third-order valence-electron chi connectivity index (χ3n) is 2.37. The lowest BCUT2D eigenvalue weighted by Gasteiger charge is -2.07. The maximum atomic E-state index is 5.77. The molecule has 92 valence electrons. The minimum absolute atomic E-state index is 0.824. The van der Waals surface area contributed by atoms with E-state index in [1.807, 2.05) is 21.5 Å². The van der Waals surface area contributed by atoms with Crippen molar-refractivity contribution >= 4 is 45.4 Å². The van der Waals surface area contributed by atoms with Gasteiger partial charge in [0.1, 0.15) is 0 Å². The largest absolute Gasteiger partial charge is 0.396 e. The molecule has 0 unspecified atom stereocenters. The van der Waals surface area contributed by atoms with Gasteiger partial charge in [0.05, 0.1) is 22.7 Å². The SMILES string of the molecule is Nc1cscc1NCCCNc1cscc1N. The van der Waals surface area contributed by atoms with Crippen molar-refractivity contribution in [2.45, 2.75) is 6.42 Å². The molecule has 0 spiro atoms. The van der Waals surface area contributed by atoms with Crippen LogP contribution in [0.3, 0.4) is 0 Å². The molecular formula is C11H16N4S2. The second kappa shape index (κ2) is 5.79. The zero-order chi connectivity index (χ0) is 12.1. The molecule has 0 amide bonds. The summed E-state index contributed by atoms with van der Waals surface area (Å²) in [5.41, 5.74) is 15.3. The Bertz CT molecular complexity index is 421. The molecule has 17 heavy (non-hydrogen) atoms. The Morgan fingerprint density at radius 2 is 1.29 bits per heavy atom. The average molecular weight is 268 g/mol. The zero-order valence-electron chi connectivity index (χ0n) is 9.40. The highest BCUT2D eigenvalue weighted by molar-refractivity contribution is 7.09. The van der Waals surface area contributed by atoms with E-state index in [0.717, 1.165) is 42.3 Å². The molecule has 6 N–H and O–H groups in total. The smallest absolute Gasteiger partial charge is 0.0682 e. The Morgan fingerprint density at radius 1 is 0.824 bits per heavy atom. The summed E-state index contributed by atoms with van der Waals surface area (Å²) in [4.78, 5) is 0. The molecule has 0 aliphatic carbocycles. The van der Waals surface area contributed by atoms with E-state index in [2.05, 4.69) is 10.6 Å². The lowest BCUT2D eigenvalue weighted by molar-refractivity contribution is 0.911. The molecular weight excluding hydrogens is 252 g/mol. The van der Waals surface area contributed by atoms with Crippen molar-refractivity contribution in [3.05, 3.63) is 21.5 Å². The Balaban J connectivity index is 1.64. The Labute approximate surface area is 109 Å². The van der Waals surface area contributed by atoms with Crippen molar-refractivity contribution in [2.75, 3.05) is 35.2 Å². The van der Waals surface area contributed by atoms with Gasteiger partial charge >= 0.3 is 0 Å². The summed E-state index contributed by atoms with van der Waals surface area (Å²) in [7, 11) is 0. The van der Waals surface area contributed by atoms with Gasteiger partial charge in [-0.1, -0.05) is 0 Å². The van der Waals surface area contributed by atoms with Gasteiger partial charge in [-0.25, -0.2) is 0 Å². The number of anilines is 4. The number of nitrogen functional groups attached to an aromatic ring is 2. The molecule has 6 heteroatoms. The van der Waals surface area contributed by atoms with Gasteiger partial charge in [-0.05, 0) is 6.42 Å². The van der Waals surface area contributed by atoms with E-state index < -0.39 is 0 Å². The van der Waals surface area contributed by atoms with Gasteiger partial charge in [0.15, 0.2) is 0 Å². The van der Waals surface area contributed by atoms with Gasteiger partial charge in [0, 0.05) is 34.6 Å². The second-order valence-corrected chi connectivity index (χ2v) is 5.18. The minimum Gasteiger partial charge on any atom is -0.396 e. The summed E-state index contributed by atoms with van der Waals surface area (Å²) in [5.74, 6) is 0. The topological polar surface area (TPSA) is 76.1 Å². The normalized spacial score (nSPS) is 10.4. The molecule has 0 aliphatic heterocycles. The standard InChI is InChI=1S/C11H16N4S2/c12-8-4-16-6-10(8)14-2-1-3-15-11-7-17-5-9(11)13/h4-7,14-15H,1-3,12-13H2. The first kappa shape index (κ1) is 12.1. The fourth-order valence-corrected chi connectivity index (χ4v) is 2.83. The highest BCUT2D eigenvalue weighted by Gasteiger charge is 1.99. The number of rotatable bonds is 6. The molecule has 0 bridgehead atoms. The molecule has 0 aliphatic rings. The second-order valence-electron chi connectivity index (χ2n) is 3.69. The molecule has 2 aromatic heterocycles. The summed E-state index contributed by atoms with van der Waals surface area (Å²) in [5, 5.41) is 14.5. The van der Waals surface area contributed by atoms with E-state index in [0.29, 0.717) is 0 Å². The van der Waals surface area contributed by atoms with E-state index in [-0.39, 0.29) is 0 Å². The van der Waals surface area contributed by atoms with Crippen LogP contribution in [0.5, 0.6) is 0 Å². The van der Waals surface area contributed by atoms with Crippen LogP contribution in [0.2, 0.25) is 0 Å². The van der Waals surface area contributed by atoms with Crippen LogP contribution < -0.4 is 22.1 Å². The van der Waals surface area contributed by atoms with Crippen molar-refractivity contribution in [1.29, 1.82) is 0 Å². The van der Waals surface area contributed by atoms with Crippen LogP contribution in [0.1, 0.15) is 6.42 Å². The fraction of sp³-hybridized carbons (Fsp3) is 0.273. The molecule has 0 radical (unpaired) electrons. The molecule has 0 saturated carbocycles. The summed E-state index contributed by atoms with van der Waals surface area (Å²) >= 11 is 3.22. The van der Waals surface area contributed by atoms with Crippen LogP contribution >= 0.6 is 22.7 Å². The molecule has 4 nitrogen and oxygen atoms in total. The fourth-order valence-electron chi connectivity index (χ4n) is 1.44. The number of hydrogen-bond donors (Lipinski definition) is 4. The average Bonchev–Trinajstić information content (AvgIpc) is 2.89. The van der Waals surface area contributed by atoms with Crippen LogP contribution in [-0.4, -0.2) is 13.1 Å². The first-order valence-corrected chi connectivity index (χ1v) is 7.27. The number of thiophene rings is 2. The van der Waals surface area contributed by atoms with Crippen molar-refractivity contribution < 1.29 is 0 Å². The molecule has 0 atom stereocenters. The molecule has 0 saturated heterocycles. The first-order valence-electron chi connectivity index (χ1n) is 5.38. The van der Waals surface area contributed by atoms with Gasteiger partial charge in [0.25, 0.3) is 0 Å². The summed E-state index contributed by atoms with van der Waals surface area (Å²) in [6, 6.07) is 0. The lowest BCUT2D eigenvalue weighted by Crippen LogP contribution is -2.09. The van der Waals surface area contributed by atoms with Crippen molar-refractivity contribution in [3.63, 3.8) is 0 Å². The van der Waals surface area contributed by atoms with E-state index in [9.17, 15) is 0 Å². The predicted octanol–water partition coefficient (Wildman–Crippen LogP) is 2.89.